The van der Waals surface area contributed by atoms with E-state index in [1.165, 1.54) is 17.8 Å². The molecule has 8 heteroatoms. The van der Waals surface area contributed by atoms with Crippen LogP contribution in [0.3, 0.4) is 0 Å². The molecule has 0 saturated heterocycles. The molecule has 0 unspecified atom stereocenters. The van der Waals surface area contributed by atoms with Gasteiger partial charge in [0.2, 0.25) is 5.82 Å². The standard InChI is InChI=1S/C12H9N5O2S/c13-11-9(17(18)19)5-6-10(16-11)20-12-14-7-3-1-2-4-8(7)15-12/h1-6H,(H2,13,16)(H,14,15). The molecular weight excluding hydrogens is 278 g/mol. The summed E-state index contributed by atoms with van der Waals surface area (Å²) >= 11 is 1.27. The van der Waals surface area contributed by atoms with Crippen LogP contribution in [0.4, 0.5) is 11.5 Å². The molecule has 20 heavy (non-hydrogen) atoms. The number of anilines is 1. The number of para-hydroxylation sites is 2. The number of pyridine rings is 1. The van der Waals surface area contributed by atoms with Gasteiger partial charge >= 0.3 is 5.69 Å². The molecule has 0 aliphatic carbocycles. The number of benzene rings is 1. The highest BCUT2D eigenvalue weighted by molar-refractivity contribution is 7.99. The molecule has 0 fully saturated rings. The summed E-state index contributed by atoms with van der Waals surface area (Å²) in [4.78, 5) is 21.6. The van der Waals surface area contributed by atoms with Crippen molar-refractivity contribution in [2.45, 2.75) is 10.2 Å². The number of rotatable bonds is 3. The zero-order chi connectivity index (χ0) is 14.1. The lowest BCUT2D eigenvalue weighted by Crippen LogP contribution is -1.98. The number of fused-ring (bicyclic) bond motifs is 1. The number of nitrogen functional groups attached to an aromatic ring is 1. The Hall–Kier alpha value is -2.61. The first-order valence-corrected chi connectivity index (χ1v) is 6.48. The van der Waals surface area contributed by atoms with Crippen LogP contribution in [0, 0.1) is 10.1 Å². The van der Waals surface area contributed by atoms with Crippen LogP contribution >= 0.6 is 11.8 Å². The van der Waals surface area contributed by atoms with Crippen molar-refractivity contribution >= 4 is 34.3 Å². The summed E-state index contributed by atoms with van der Waals surface area (Å²) in [6.45, 7) is 0. The Kier molecular flexibility index (Phi) is 2.99. The van der Waals surface area contributed by atoms with Gasteiger partial charge in [-0.15, -0.1) is 0 Å². The lowest BCUT2D eigenvalue weighted by Gasteiger charge is -1.99. The number of nitro groups is 1. The molecule has 3 aromatic rings. The van der Waals surface area contributed by atoms with Crippen LogP contribution < -0.4 is 5.73 Å². The van der Waals surface area contributed by atoms with E-state index in [9.17, 15) is 10.1 Å². The van der Waals surface area contributed by atoms with Gasteiger partial charge in [0.25, 0.3) is 0 Å². The Labute approximate surface area is 117 Å². The molecule has 7 nitrogen and oxygen atoms in total. The Morgan fingerprint density at radius 2 is 2.00 bits per heavy atom. The van der Waals surface area contributed by atoms with Gasteiger partial charge in [-0.2, -0.15) is 0 Å². The summed E-state index contributed by atoms with van der Waals surface area (Å²) < 4.78 is 0. The molecule has 0 amide bonds. The minimum atomic E-state index is -0.558. The SMILES string of the molecule is Nc1nc(Sc2nc3ccccc3[nH]2)ccc1[N+](=O)[O-]. The first-order chi connectivity index (χ1) is 9.63. The number of aromatic nitrogens is 3. The van der Waals surface area contributed by atoms with E-state index in [0.717, 1.165) is 11.0 Å². The lowest BCUT2D eigenvalue weighted by atomic mass is 10.3. The van der Waals surface area contributed by atoms with Crippen LogP contribution in [0.2, 0.25) is 0 Å². The van der Waals surface area contributed by atoms with Crippen LogP contribution in [-0.2, 0) is 0 Å². The molecule has 3 rings (SSSR count). The average Bonchev–Trinajstić information content (AvgIpc) is 2.80. The maximum atomic E-state index is 10.7. The van der Waals surface area contributed by atoms with Crippen molar-refractivity contribution in [3.8, 4) is 0 Å². The number of H-pyrrole nitrogens is 1. The largest absolute Gasteiger partial charge is 0.378 e. The summed E-state index contributed by atoms with van der Waals surface area (Å²) in [5.74, 6) is -0.101. The number of nitrogens with two attached hydrogens (primary N) is 1. The summed E-state index contributed by atoms with van der Waals surface area (Å²) in [5.41, 5.74) is 7.13. The second-order valence-corrected chi connectivity index (χ2v) is 4.98. The maximum Gasteiger partial charge on any atom is 0.311 e. The van der Waals surface area contributed by atoms with E-state index in [1.54, 1.807) is 6.07 Å². The third-order valence-electron chi connectivity index (χ3n) is 2.64. The number of imidazole rings is 1. The fourth-order valence-electron chi connectivity index (χ4n) is 1.74. The van der Waals surface area contributed by atoms with Crippen LogP contribution in [0.25, 0.3) is 11.0 Å². The monoisotopic (exact) mass is 287 g/mol. The zero-order valence-corrected chi connectivity index (χ0v) is 10.9. The smallest absolute Gasteiger partial charge is 0.311 e. The molecule has 0 atom stereocenters. The minimum Gasteiger partial charge on any atom is -0.378 e. The second-order valence-electron chi connectivity index (χ2n) is 3.97. The second kappa shape index (κ2) is 4.82. The van der Waals surface area contributed by atoms with Crippen molar-refractivity contribution in [1.82, 2.24) is 15.0 Å². The van der Waals surface area contributed by atoms with Gasteiger partial charge in [0.05, 0.1) is 16.0 Å². The van der Waals surface area contributed by atoms with Crippen LogP contribution in [-0.4, -0.2) is 19.9 Å². The number of hydrogen-bond acceptors (Lipinski definition) is 6. The van der Waals surface area contributed by atoms with Crippen molar-refractivity contribution in [1.29, 1.82) is 0 Å². The average molecular weight is 287 g/mol. The molecule has 0 bridgehead atoms. The Morgan fingerprint density at radius 3 is 2.70 bits per heavy atom. The number of nitrogens with one attached hydrogen (secondary N) is 1. The van der Waals surface area contributed by atoms with E-state index < -0.39 is 4.92 Å². The van der Waals surface area contributed by atoms with Gasteiger partial charge in [0, 0.05) is 6.07 Å². The van der Waals surface area contributed by atoms with Crippen molar-refractivity contribution in [2.24, 2.45) is 0 Å². The van der Waals surface area contributed by atoms with E-state index in [1.807, 2.05) is 24.3 Å². The Balaban J connectivity index is 1.90. The molecule has 2 heterocycles. The predicted molar refractivity (Wildman–Crippen MR) is 75.5 cm³/mol. The third-order valence-corrected chi connectivity index (χ3v) is 3.47. The topological polar surface area (TPSA) is 111 Å². The van der Waals surface area contributed by atoms with E-state index >= 15 is 0 Å². The first-order valence-electron chi connectivity index (χ1n) is 5.67. The molecular formula is C12H9N5O2S. The van der Waals surface area contributed by atoms with E-state index in [0.29, 0.717) is 10.2 Å². The highest BCUT2D eigenvalue weighted by atomic mass is 32.2. The van der Waals surface area contributed by atoms with E-state index in [-0.39, 0.29) is 11.5 Å². The van der Waals surface area contributed by atoms with Crippen molar-refractivity contribution in [3.63, 3.8) is 0 Å². The van der Waals surface area contributed by atoms with Crippen LogP contribution in [0.15, 0.2) is 46.6 Å². The summed E-state index contributed by atoms with van der Waals surface area (Å²) in [5, 5.41) is 11.9. The first kappa shape index (κ1) is 12.4. The van der Waals surface area contributed by atoms with Gasteiger partial charge in [-0.25, -0.2) is 9.97 Å². The molecule has 3 N–H and O–H groups in total. The number of nitrogens with zero attached hydrogens (tertiary/aromatic N) is 3. The third kappa shape index (κ3) is 2.28. The number of aromatic amines is 1. The van der Waals surface area contributed by atoms with Gasteiger partial charge in [-0.3, -0.25) is 10.1 Å². The van der Waals surface area contributed by atoms with Crippen molar-refractivity contribution in [3.05, 3.63) is 46.5 Å². The van der Waals surface area contributed by atoms with Gasteiger partial charge in [-0.1, -0.05) is 12.1 Å². The molecule has 0 aliphatic heterocycles. The van der Waals surface area contributed by atoms with E-state index in [2.05, 4.69) is 15.0 Å². The van der Waals surface area contributed by atoms with Gasteiger partial charge in [0.15, 0.2) is 5.16 Å². The normalized spacial score (nSPS) is 10.8. The Bertz CT molecular complexity index is 768. The molecule has 2 aromatic heterocycles. The van der Waals surface area contributed by atoms with Crippen molar-refractivity contribution in [2.75, 3.05) is 5.73 Å². The highest BCUT2D eigenvalue weighted by Crippen LogP contribution is 2.29. The fourth-order valence-corrected chi connectivity index (χ4v) is 2.52. The van der Waals surface area contributed by atoms with Crippen LogP contribution in [0.1, 0.15) is 0 Å². The Morgan fingerprint density at radius 1 is 1.20 bits per heavy atom. The highest BCUT2D eigenvalue weighted by Gasteiger charge is 2.14. The van der Waals surface area contributed by atoms with Gasteiger partial charge < -0.3 is 10.7 Å². The molecule has 0 saturated carbocycles. The molecule has 0 aliphatic rings. The quantitative estimate of drug-likeness (QED) is 0.565. The summed E-state index contributed by atoms with van der Waals surface area (Å²) in [6.07, 6.45) is 0. The zero-order valence-electron chi connectivity index (χ0n) is 10.1. The molecule has 0 spiro atoms. The van der Waals surface area contributed by atoms with E-state index in [4.69, 9.17) is 5.73 Å². The van der Waals surface area contributed by atoms with Gasteiger partial charge in [0.1, 0.15) is 5.03 Å². The fraction of sp³-hybridized carbons (Fsp3) is 0. The molecule has 0 radical (unpaired) electrons. The van der Waals surface area contributed by atoms with Crippen molar-refractivity contribution < 1.29 is 4.92 Å². The lowest BCUT2D eigenvalue weighted by molar-refractivity contribution is -0.384. The summed E-state index contributed by atoms with van der Waals surface area (Å²) in [6, 6.07) is 10.5. The number of hydrogen-bond donors (Lipinski definition) is 2. The predicted octanol–water partition coefficient (Wildman–Crippen LogP) is 2.60. The minimum absolute atomic E-state index is 0.101. The maximum absolute atomic E-state index is 10.7. The van der Waals surface area contributed by atoms with Gasteiger partial charge in [-0.05, 0) is 30.0 Å². The molecule has 100 valence electrons. The molecule has 1 aromatic carbocycles. The van der Waals surface area contributed by atoms with Crippen LogP contribution in [0.5, 0.6) is 0 Å². The summed E-state index contributed by atoms with van der Waals surface area (Å²) in [7, 11) is 0.